The first kappa shape index (κ1) is 18.2. The molecule has 4 aliphatic rings. The first-order chi connectivity index (χ1) is 11.3. The third-order valence-corrected chi connectivity index (χ3v) is 8.40. The molecule has 4 fully saturated rings. The minimum absolute atomic E-state index is 0.0381. The Morgan fingerprint density at radius 3 is 1.83 bits per heavy atom. The van der Waals surface area contributed by atoms with E-state index in [1.165, 1.54) is 26.2 Å². The van der Waals surface area contributed by atoms with E-state index >= 15 is 0 Å². The molecule has 0 amide bonds. The molecule has 3 nitrogen and oxygen atoms in total. The fourth-order valence-corrected chi connectivity index (χ4v) is 6.41. The van der Waals surface area contributed by atoms with E-state index in [0.29, 0.717) is 18.4 Å². The zero-order valence-corrected chi connectivity index (χ0v) is 16.1. The molecule has 0 saturated heterocycles. The average molecular weight is 337 g/mol. The Morgan fingerprint density at radius 1 is 0.875 bits per heavy atom. The first-order valence-electron chi connectivity index (χ1n) is 10.1. The van der Waals surface area contributed by atoms with Crippen LogP contribution in [0.25, 0.3) is 0 Å². The van der Waals surface area contributed by atoms with Gasteiger partial charge in [0.1, 0.15) is 0 Å². The number of carbonyl (C=O) groups excluding carboxylic acids is 1. The number of rotatable bonds is 2. The predicted octanol–water partition coefficient (Wildman–Crippen LogP) is 4.14. The molecule has 0 aromatic rings. The average Bonchev–Trinajstić information content (AvgIpc) is 3.24. The van der Waals surface area contributed by atoms with Crippen molar-refractivity contribution in [1.29, 1.82) is 0 Å². The van der Waals surface area contributed by atoms with E-state index in [0.717, 1.165) is 47.8 Å². The van der Waals surface area contributed by atoms with Crippen LogP contribution in [-0.4, -0.2) is 23.8 Å². The van der Waals surface area contributed by atoms with Crippen LogP contribution in [0, 0.1) is 53.3 Å². The maximum Gasteiger partial charge on any atom is 0.302 e. The maximum atomic E-state index is 10.7. The van der Waals surface area contributed by atoms with Crippen molar-refractivity contribution in [3.05, 3.63) is 0 Å². The zero-order valence-electron chi connectivity index (χ0n) is 16.1. The van der Waals surface area contributed by atoms with E-state index in [1.807, 2.05) is 0 Å². The third kappa shape index (κ3) is 3.25. The number of carbonyl (C=O) groups is 1. The molecule has 3 heteroatoms. The lowest BCUT2D eigenvalue weighted by molar-refractivity contribution is -0.143. The molecule has 0 radical (unpaired) electrons. The van der Waals surface area contributed by atoms with Crippen LogP contribution in [-0.2, 0) is 9.53 Å². The molecule has 0 aliphatic heterocycles. The molecule has 10 atom stereocenters. The summed E-state index contributed by atoms with van der Waals surface area (Å²) >= 11 is 0. The van der Waals surface area contributed by atoms with Gasteiger partial charge < -0.3 is 9.84 Å². The number of fused-ring (bicyclic) bond motifs is 4. The van der Waals surface area contributed by atoms with Crippen LogP contribution in [0.3, 0.4) is 0 Å². The van der Waals surface area contributed by atoms with E-state index in [-0.39, 0.29) is 12.1 Å². The highest BCUT2D eigenvalue weighted by Gasteiger charge is 2.49. The van der Waals surface area contributed by atoms with Gasteiger partial charge in [0.05, 0.1) is 12.7 Å². The number of hydrogen-bond acceptors (Lipinski definition) is 3. The number of ether oxygens (including phenoxy) is 1. The molecule has 4 saturated carbocycles. The van der Waals surface area contributed by atoms with E-state index in [9.17, 15) is 9.90 Å². The Hall–Kier alpha value is -0.570. The number of aliphatic hydroxyl groups is 1. The van der Waals surface area contributed by atoms with E-state index in [1.54, 1.807) is 0 Å². The lowest BCUT2D eigenvalue weighted by Crippen LogP contribution is -2.27. The largest absolute Gasteiger partial charge is 0.466 e. The fourth-order valence-electron chi connectivity index (χ4n) is 6.41. The van der Waals surface area contributed by atoms with Crippen molar-refractivity contribution in [3.8, 4) is 0 Å². The van der Waals surface area contributed by atoms with E-state index < -0.39 is 0 Å². The second-order valence-electron chi connectivity index (χ2n) is 9.36. The Kier molecular flexibility index (Phi) is 5.30. The summed E-state index contributed by atoms with van der Waals surface area (Å²) in [5.74, 6) is 7.06. The van der Waals surface area contributed by atoms with Gasteiger partial charge in [0.25, 0.3) is 0 Å². The molecule has 4 bridgehead atoms. The summed E-state index contributed by atoms with van der Waals surface area (Å²) < 4.78 is 5.12. The van der Waals surface area contributed by atoms with Gasteiger partial charge in [0.2, 0.25) is 0 Å². The molecule has 0 heterocycles. The summed E-state index contributed by atoms with van der Waals surface area (Å²) in [6.07, 6.45) is 5.06. The van der Waals surface area contributed by atoms with Gasteiger partial charge in [-0.15, -0.1) is 0 Å². The number of esters is 1. The minimum atomic E-state index is -0.131. The monoisotopic (exact) mass is 336 g/mol. The summed E-state index contributed by atoms with van der Waals surface area (Å²) in [7, 11) is 0. The van der Waals surface area contributed by atoms with Gasteiger partial charge in [0, 0.05) is 6.92 Å². The van der Waals surface area contributed by atoms with Gasteiger partial charge in [-0.25, -0.2) is 0 Å². The molecule has 4 rings (SSSR count). The Bertz CT molecular complexity index is 458. The lowest BCUT2D eigenvalue weighted by atomic mass is 9.76. The van der Waals surface area contributed by atoms with Gasteiger partial charge in [0.15, 0.2) is 0 Å². The lowest BCUT2D eigenvalue weighted by Gasteiger charge is -2.31. The second-order valence-corrected chi connectivity index (χ2v) is 9.36. The van der Waals surface area contributed by atoms with Gasteiger partial charge in [-0.05, 0) is 78.9 Å². The third-order valence-electron chi connectivity index (χ3n) is 8.40. The van der Waals surface area contributed by atoms with Crippen LogP contribution in [0.5, 0.6) is 0 Å². The Labute approximate surface area is 147 Å². The van der Waals surface area contributed by atoms with Gasteiger partial charge in [-0.3, -0.25) is 4.79 Å². The van der Waals surface area contributed by atoms with Crippen LogP contribution in [0.2, 0.25) is 0 Å². The summed E-state index contributed by atoms with van der Waals surface area (Å²) in [5, 5.41) is 9.51. The summed E-state index contributed by atoms with van der Waals surface area (Å²) in [6, 6.07) is 0. The van der Waals surface area contributed by atoms with Crippen molar-refractivity contribution in [1.82, 2.24) is 0 Å². The zero-order chi connectivity index (χ0) is 17.6. The smallest absolute Gasteiger partial charge is 0.302 e. The van der Waals surface area contributed by atoms with Gasteiger partial charge in [-0.1, -0.05) is 27.7 Å². The van der Waals surface area contributed by atoms with E-state index in [4.69, 9.17) is 4.74 Å². The van der Waals surface area contributed by atoms with Crippen molar-refractivity contribution >= 4 is 5.97 Å². The van der Waals surface area contributed by atoms with E-state index in [2.05, 4.69) is 27.7 Å². The number of aliphatic hydroxyl groups excluding tert-OH is 1. The van der Waals surface area contributed by atoms with Crippen molar-refractivity contribution in [2.75, 3.05) is 6.61 Å². The predicted molar refractivity (Wildman–Crippen MR) is 95.2 cm³/mol. The summed E-state index contributed by atoms with van der Waals surface area (Å²) in [5.41, 5.74) is 0. The van der Waals surface area contributed by atoms with Crippen LogP contribution in [0.15, 0.2) is 0 Å². The molecule has 0 aromatic carbocycles. The Morgan fingerprint density at radius 2 is 1.42 bits per heavy atom. The SMILES string of the molecule is CC(=O)OCC1CC2CC1C(C)C2C.CC1C2CC(O)C(C2)C1C. The summed E-state index contributed by atoms with van der Waals surface area (Å²) in [4.78, 5) is 10.7. The highest BCUT2D eigenvalue weighted by molar-refractivity contribution is 5.65. The quantitative estimate of drug-likeness (QED) is 0.771. The molecule has 4 aliphatic carbocycles. The van der Waals surface area contributed by atoms with Gasteiger partial charge in [-0.2, -0.15) is 0 Å². The Balaban J connectivity index is 0.000000149. The molecular formula is C21H36O3. The van der Waals surface area contributed by atoms with Crippen LogP contribution in [0.4, 0.5) is 0 Å². The normalized spacial score (nSPS) is 51.4. The molecule has 138 valence electrons. The van der Waals surface area contributed by atoms with Crippen molar-refractivity contribution in [3.63, 3.8) is 0 Å². The molecule has 0 spiro atoms. The van der Waals surface area contributed by atoms with Crippen LogP contribution in [0.1, 0.15) is 60.3 Å². The minimum Gasteiger partial charge on any atom is -0.466 e. The molecular weight excluding hydrogens is 300 g/mol. The van der Waals surface area contributed by atoms with Crippen molar-refractivity contribution in [2.45, 2.75) is 66.4 Å². The highest BCUT2D eigenvalue weighted by Crippen LogP contribution is 2.55. The fraction of sp³-hybridized carbons (Fsp3) is 0.952. The van der Waals surface area contributed by atoms with Crippen molar-refractivity contribution in [2.24, 2.45) is 53.3 Å². The molecule has 1 N–H and O–H groups in total. The highest BCUT2D eigenvalue weighted by atomic mass is 16.5. The van der Waals surface area contributed by atoms with Crippen molar-refractivity contribution < 1.29 is 14.6 Å². The molecule has 10 unspecified atom stereocenters. The van der Waals surface area contributed by atoms with Crippen LogP contribution < -0.4 is 0 Å². The maximum absolute atomic E-state index is 10.7. The molecule has 24 heavy (non-hydrogen) atoms. The standard InChI is InChI=1S/C12H20O2.C9H16O/c1-7-8(2)12-5-10(7)4-11(12)6-14-9(3)13;1-5-6(2)8-3-7(5)4-9(8)10/h7-8,10-12H,4-6H2,1-3H3;5-10H,3-4H2,1-2H3. The second kappa shape index (κ2) is 6.97. The number of hydrogen-bond donors (Lipinski definition) is 1. The van der Waals surface area contributed by atoms with Crippen LogP contribution >= 0.6 is 0 Å². The first-order valence-corrected chi connectivity index (χ1v) is 10.1. The summed E-state index contributed by atoms with van der Waals surface area (Å²) in [6.45, 7) is 11.5. The molecule has 0 aromatic heterocycles. The topological polar surface area (TPSA) is 46.5 Å². The van der Waals surface area contributed by atoms with Gasteiger partial charge >= 0.3 is 5.97 Å².